The van der Waals surface area contributed by atoms with Gasteiger partial charge in [-0.2, -0.15) is 0 Å². The van der Waals surface area contributed by atoms with Crippen molar-refractivity contribution >= 4 is 11.9 Å². The van der Waals surface area contributed by atoms with Crippen molar-refractivity contribution in [1.82, 2.24) is 0 Å². The van der Waals surface area contributed by atoms with Gasteiger partial charge in [0.2, 0.25) is 0 Å². The molecule has 0 aliphatic rings. The number of carboxylic acid groups (broad SMARTS) is 2. The molecule has 0 aromatic carbocycles. The van der Waals surface area contributed by atoms with Crippen LogP contribution in [-0.2, 0) is 42.3 Å². The van der Waals surface area contributed by atoms with Gasteiger partial charge in [-0.05, 0) is 18.3 Å². The van der Waals surface area contributed by atoms with Gasteiger partial charge in [-0.3, -0.25) is 9.59 Å². The normalized spacial score (nSPS) is 6.58. The first-order chi connectivity index (χ1) is 7.54. The Labute approximate surface area is 181 Å². The summed E-state index contributed by atoms with van der Waals surface area (Å²) >= 11 is 0. The molecule has 0 unspecified atom stereocenters. The molecule has 0 saturated carbocycles. The van der Waals surface area contributed by atoms with Crippen molar-refractivity contribution in [3.8, 4) is 0 Å². The van der Waals surface area contributed by atoms with Crippen molar-refractivity contribution in [3.05, 3.63) is 0 Å². The Balaban J connectivity index is -0.0000000134. The third-order valence-corrected chi connectivity index (χ3v) is 0.928. The number of carboxylic acids is 2. The summed E-state index contributed by atoms with van der Waals surface area (Å²) in [6, 6.07) is 0. The van der Waals surface area contributed by atoms with Gasteiger partial charge in [0.1, 0.15) is 0 Å². The van der Waals surface area contributed by atoms with Crippen LogP contribution in [0.25, 0.3) is 0 Å². The minimum atomic E-state index is -0.711. The molecule has 1 radical (unpaired) electrons. The Morgan fingerprint density at radius 1 is 0.667 bits per heavy atom. The molecule has 24 heavy (non-hydrogen) atoms. The first-order valence-corrected chi connectivity index (χ1v) is 5.98. The fourth-order valence-corrected chi connectivity index (χ4v) is 0.428. The number of carbonyl (C=O) groups is 2. The van der Waals surface area contributed by atoms with Crippen LogP contribution >= 0.6 is 0 Å². The SMILES string of the molecule is C.C.C.C.C.C.CC(C)(C)C.CCCC(=O)O.CCCC(=O)O.[Y]. The first-order valence-electron chi connectivity index (χ1n) is 5.98. The van der Waals surface area contributed by atoms with Crippen LogP contribution in [0.1, 0.15) is 112 Å². The fraction of sp³-hybridized carbons (Fsp3) is 0.895. The van der Waals surface area contributed by atoms with E-state index in [4.69, 9.17) is 10.2 Å². The van der Waals surface area contributed by atoms with Crippen molar-refractivity contribution in [3.63, 3.8) is 0 Å². The number of rotatable bonds is 4. The number of hydrogen-bond acceptors (Lipinski definition) is 2. The molecule has 0 amide bonds. The third-order valence-electron chi connectivity index (χ3n) is 0.928. The minimum absolute atomic E-state index is 0. The van der Waals surface area contributed by atoms with Crippen LogP contribution in [0, 0.1) is 5.41 Å². The van der Waals surface area contributed by atoms with Crippen LogP contribution in [0.4, 0.5) is 0 Å². The van der Waals surface area contributed by atoms with Gasteiger partial charge in [-0.25, -0.2) is 0 Å². The second-order valence-electron chi connectivity index (χ2n) is 5.29. The zero-order valence-corrected chi connectivity index (χ0v) is 15.5. The quantitative estimate of drug-likeness (QED) is 0.478. The topological polar surface area (TPSA) is 74.6 Å². The van der Waals surface area contributed by atoms with Crippen molar-refractivity contribution < 1.29 is 52.5 Å². The van der Waals surface area contributed by atoms with Gasteiger partial charge in [-0.1, -0.05) is 86.1 Å². The molecule has 0 aromatic heterocycles. The molecular formula is C19H52O4Y. The molecule has 0 bridgehead atoms. The zero-order chi connectivity index (χ0) is 14.5. The molecule has 0 aliphatic carbocycles. The maximum atomic E-state index is 9.60. The average molecular weight is 434 g/mol. The predicted molar refractivity (Wildman–Crippen MR) is 111 cm³/mol. The van der Waals surface area contributed by atoms with Crippen LogP contribution in [0.2, 0.25) is 0 Å². The van der Waals surface area contributed by atoms with E-state index in [1.165, 1.54) is 0 Å². The van der Waals surface area contributed by atoms with E-state index in [1.807, 2.05) is 13.8 Å². The van der Waals surface area contributed by atoms with Gasteiger partial charge in [0.15, 0.2) is 0 Å². The standard InChI is InChI=1S/C5H12.2C4H8O2.6CH4.Y/c1-5(2,3)4;2*1-2-3-4(5)6;;;;;;;/h1-4H3;2*2-3H2,1H3,(H,5,6);6*1H4;. The van der Waals surface area contributed by atoms with Crippen molar-refractivity contribution in [2.75, 3.05) is 0 Å². The molecule has 0 atom stereocenters. The van der Waals surface area contributed by atoms with Crippen LogP contribution in [0.3, 0.4) is 0 Å². The predicted octanol–water partition coefficient (Wildman–Crippen LogP) is 7.61. The number of hydrogen-bond donors (Lipinski definition) is 2. The molecule has 5 heteroatoms. The molecule has 0 aromatic rings. The molecule has 0 saturated heterocycles. The molecule has 0 rings (SSSR count). The monoisotopic (exact) mass is 433 g/mol. The molecule has 2 N–H and O–H groups in total. The summed E-state index contributed by atoms with van der Waals surface area (Å²) in [7, 11) is 0. The summed E-state index contributed by atoms with van der Waals surface area (Å²) < 4.78 is 0. The Hall–Kier alpha value is 0.0439. The number of aliphatic carboxylic acids is 2. The largest absolute Gasteiger partial charge is 0.481 e. The maximum Gasteiger partial charge on any atom is 0.303 e. The minimum Gasteiger partial charge on any atom is -0.481 e. The van der Waals surface area contributed by atoms with E-state index in [2.05, 4.69) is 27.7 Å². The van der Waals surface area contributed by atoms with E-state index in [9.17, 15) is 9.59 Å². The van der Waals surface area contributed by atoms with Gasteiger partial charge in [0.25, 0.3) is 0 Å². The Bertz CT molecular complexity index is 178. The Morgan fingerprint density at radius 2 is 0.792 bits per heavy atom. The molecule has 0 fully saturated rings. The average Bonchev–Trinajstić information content (AvgIpc) is 2.00. The van der Waals surface area contributed by atoms with Crippen LogP contribution < -0.4 is 0 Å². The van der Waals surface area contributed by atoms with Crippen molar-refractivity contribution in [2.24, 2.45) is 5.41 Å². The van der Waals surface area contributed by atoms with Crippen LogP contribution in [0.5, 0.6) is 0 Å². The van der Waals surface area contributed by atoms with Gasteiger partial charge in [-0.15, -0.1) is 0 Å². The van der Waals surface area contributed by atoms with Crippen molar-refractivity contribution in [1.29, 1.82) is 0 Å². The van der Waals surface area contributed by atoms with Crippen LogP contribution in [0.15, 0.2) is 0 Å². The van der Waals surface area contributed by atoms with Gasteiger partial charge < -0.3 is 10.2 Å². The summed E-state index contributed by atoms with van der Waals surface area (Å²) in [6.07, 6.45) is 2.05. The summed E-state index contributed by atoms with van der Waals surface area (Å²) in [5.41, 5.74) is 0.500. The molecular weight excluding hydrogens is 381 g/mol. The van der Waals surface area contributed by atoms with Gasteiger partial charge in [0.05, 0.1) is 0 Å². The third kappa shape index (κ3) is 267. The molecule has 0 spiro atoms. The Kier molecular flexibility index (Phi) is 117. The second-order valence-corrected chi connectivity index (χ2v) is 5.29. The van der Waals surface area contributed by atoms with E-state index in [-0.39, 0.29) is 77.3 Å². The van der Waals surface area contributed by atoms with E-state index < -0.39 is 11.9 Å². The fourth-order valence-electron chi connectivity index (χ4n) is 0.428. The zero-order valence-electron chi connectivity index (χ0n) is 12.6. The van der Waals surface area contributed by atoms with Crippen LogP contribution in [-0.4, -0.2) is 22.2 Å². The Morgan fingerprint density at radius 3 is 0.792 bits per heavy atom. The summed E-state index contributed by atoms with van der Waals surface area (Å²) in [5, 5.41) is 15.8. The molecule has 0 aliphatic heterocycles. The van der Waals surface area contributed by atoms with E-state index >= 15 is 0 Å². The van der Waals surface area contributed by atoms with Gasteiger partial charge in [0, 0.05) is 45.6 Å². The summed E-state index contributed by atoms with van der Waals surface area (Å²) in [5.74, 6) is -1.42. The van der Waals surface area contributed by atoms with E-state index in [1.54, 1.807) is 0 Å². The molecule has 4 nitrogen and oxygen atoms in total. The maximum absolute atomic E-state index is 9.60. The van der Waals surface area contributed by atoms with Gasteiger partial charge >= 0.3 is 11.9 Å². The van der Waals surface area contributed by atoms with Crippen molar-refractivity contribution in [2.45, 2.75) is 112 Å². The summed E-state index contributed by atoms with van der Waals surface area (Å²) in [4.78, 5) is 19.2. The smallest absolute Gasteiger partial charge is 0.303 e. The second kappa shape index (κ2) is 43.5. The summed E-state index contributed by atoms with van der Waals surface area (Å²) in [6.45, 7) is 12.4. The molecule has 155 valence electrons. The van der Waals surface area contributed by atoms with E-state index in [0.717, 1.165) is 12.8 Å². The first kappa shape index (κ1) is 64.7. The molecule has 0 heterocycles. The van der Waals surface area contributed by atoms with E-state index in [0.29, 0.717) is 18.3 Å².